The van der Waals surface area contributed by atoms with E-state index >= 15 is 0 Å². The lowest BCUT2D eigenvalue weighted by atomic mass is 9.65. The van der Waals surface area contributed by atoms with Crippen LogP contribution in [0, 0.1) is 17.8 Å². The van der Waals surface area contributed by atoms with Gasteiger partial charge in [0.25, 0.3) is 0 Å². The zero-order valence-corrected chi connectivity index (χ0v) is 11.1. The summed E-state index contributed by atoms with van der Waals surface area (Å²) in [6.07, 6.45) is 8.04. The van der Waals surface area contributed by atoms with Gasteiger partial charge in [-0.2, -0.15) is 0 Å². The molecule has 1 aliphatic rings. The fourth-order valence-electron chi connectivity index (χ4n) is 3.32. The second-order valence-corrected chi connectivity index (χ2v) is 5.76. The summed E-state index contributed by atoms with van der Waals surface area (Å²) in [5, 5.41) is 0. The molecule has 15 heavy (non-hydrogen) atoms. The summed E-state index contributed by atoms with van der Waals surface area (Å²) in [7, 11) is 0. The van der Waals surface area contributed by atoms with Crippen molar-refractivity contribution in [1.82, 2.24) is 0 Å². The largest absolute Gasteiger partial charge is 0.325 e. The van der Waals surface area contributed by atoms with Crippen LogP contribution < -0.4 is 5.73 Å². The van der Waals surface area contributed by atoms with Crippen molar-refractivity contribution in [2.75, 3.05) is 0 Å². The first-order valence-corrected chi connectivity index (χ1v) is 6.83. The van der Waals surface area contributed by atoms with Gasteiger partial charge in [0.1, 0.15) is 0 Å². The maximum atomic E-state index is 6.63. The van der Waals surface area contributed by atoms with Crippen LogP contribution in [0.25, 0.3) is 0 Å². The quantitative estimate of drug-likeness (QED) is 0.748. The fourth-order valence-corrected chi connectivity index (χ4v) is 3.32. The summed E-state index contributed by atoms with van der Waals surface area (Å²) in [4.78, 5) is 0. The third kappa shape index (κ3) is 2.75. The predicted octanol–water partition coefficient (Wildman–Crippen LogP) is 3.97. The zero-order valence-electron chi connectivity index (χ0n) is 11.1. The Hall–Kier alpha value is -0.0400. The third-order valence-corrected chi connectivity index (χ3v) is 4.81. The molecule has 90 valence electrons. The molecule has 0 amide bonds. The first kappa shape index (κ1) is 13.0. The summed E-state index contributed by atoms with van der Waals surface area (Å²) >= 11 is 0. The second kappa shape index (κ2) is 5.34. The van der Waals surface area contributed by atoms with Gasteiger partial charge >= 0.3 is 0 Å². The van der Waals surface area contributed by atoms with Gasteiger partial charge in [0, 0.05) is 5.54 Å². The first-order valence-electron chi connectivity index (χ1n) is 6.83. The van der Waals surface area contributed by atoms with Gasteiger partial charge < -0.3 is 5.73 Å². The van der Waals surface area contributed by atoms with Crippen LogP contribution in [-0.4, -0.2) is 5.54 Å². The molecule has 0 radical (unpaired) electrons. The highest BCUT2D eigenvalue weighted by molar-refractivity contribution is 4.95. The Balaban J connectivity index is 2.67. The average molecular weight is 211 g/mol. The van der Waals surface area contributed by atoms with E-state index in [4.69, 9.17) is 5.73 Å². The third-order valence-electron chi connectivity index (χ3n) is 4.81. The molecule has 3 atom stereocenters. The summed E-state index contributed by atoms with van der Waals surface area (Å²) in [6, 6.07) is 0. The molecule has 0 aliphatic heterocycles. The highest BCUT2D eigenvalue weighted by Gasteiger charge is 2.38. The van der Waals surface area contributed by atoms with Crippen molar-refractivity contribution in [3.05, 3.63) is 0 Å². The lowest BCUT2D eigenvalue weighted by Crippen LogP contribution is -2.52. The standard InChI is InChI=1S/C14H29N/c1-5-12-8-7-9-13(10-12)14(15,6-2)11(3)4/h11-13H,5-10,15H2,1-4H3. The molecule has 1 heteroatoms. The molecule has 3 unspecified atom stereocenters. The minimum absolute atomic E-state index is 0.0911. The van der Waals surface area contributed by atoms with E-state index in [9.17, 15) is 0 Å². The Morgan fingerprint density at radius 2 is 1.93 bits per heavy atom. The smallest absolute Gasteiger partial charge is 0.0203 e. The molecule has 0 aromatic rings. The van der Waals surface area contributed by atoms with Crippen LogP contribution in [0.1, 0.15) is 66.2 Å². The van der Waals surface area contributed by atoms with E-state index in [0.29, 0.717) is 5.92 Å². The first-order chi connectivity index (χ1) is 7.04. The molecule has 1 saturated carbocycles. The number of nitrogens with two attached hydrogens (primary N) is 1. The van der Waals surface area contributed by atoms with Crippen LogP contribution in [-0.2, 0) is 0 Å². The van der Waals surface area contributed by atoms with Crippen LogP contribution in [0.5, 0.6) is 0 Å². The average Bonchev–Trinajstić information content (AvgIpc) is 2.27. The van der Waals surface area contributed by atoms with E-state index in [-0.39, 0.29) is 5.54 Å². The summed E-state index contributed by atoms with van der Waals surface area (Å²) in [5.41, 5.74) is 6.72. The monoisotopic (exact) mass is 211 g/mol. The SMILES string of the molecule is CCC1CCCC(C(N)(CC)C(C)C)C1. The highest BCUT2D eigenvalue weighted by Crippen LogP contribution is 2.40. The molecule has 1 nitrogen and oxygen atoms in total. The van der Waals surface area contributed by atoms with E-state index in [1.165, 1.54) is 32.1 Å². The molecule has 0 bridgehead atoms. The molecular weight excluding hydrogens is 182 g/mol. The van der Waals surface area contributed by atoms with Crippen LogP contribution in [0.4, 0.5) is 0 Å². The van der Waals surface area contributed by atoms with Gasteiger partial charge in [-0.3, -0.25) is 0 Å². The van der Waals surface area contributed by atoms with Gasteiger partial charge in [-0.05, 0) is 37.0 Å². The molecule has 1 aliphatic carbocycles. The number of hydrogen-bond donors (Lipinski definition) is 1. The van der Waals surface area contributed by atoms with E-state index in [1.807, 2.05) is 0 Å². The molecule has 2 N–H and O–H groups in total. The Morgan fingerprint density at radius 3 is 2.40 bits per heavy atom. The van der Waals surface area contributed by atoms with Crippen LogP contribution in [0.15, 0.2) is 0 Å². The lowest BCUT2D eigenvalue weighted by Gasteiger charge is -2.44. The normalized spacial score (nSPS) is 31.6. The van der Waals surface area contributed by atoms with Crippen LogP contribution in [0.3, 0.4) is 0 Å². The van der Waals surface area contributed by atoms with Crippen molar-refractivity contribution in [2.45, 2.75) is 71.8 Å². The Kier molecular flexibility index (Phi) is 4.64. The van der Waals surface area contributed by atoms with Crippen molar-refractivity contribution in [1.29, 1.82) is 0 Å². The van der Waals surface area contributed by atoms with Gasteiger partial charge in [0.2, 0.25) is 0 Å². The van der Waals surface area contributed by atoms with Gasteiger partial charge in [-0.25, -0.2) is 0 Å². The lowest BCUT2D eigenvalue weighted by molar-refractivity contribution is 0.117. The maximum Gasteiger partial charge on any atom is 0.0203 e. The number of hydrogen-bond acceptors (Lipinski definition) is 1. The van der Waals surface area contributed by atoms with Crippen LogP contribution >= 0.6 is 0 Å². The van der Waals surface area contributed by atoms with E-state index in [1.54, 1.807) is 0 Å². The summed E-state index contributed by atoms with van der Waals surface area (Å²) in [5.74, 6) is 2.32. The summed E-state index contributed by atoms with van der Waals surface area (Å²) < 4.78 is 0. The van der Waals surface area contributed by atoms with Crippen molar-refractivity contribution >= 4 is 0 Å². The topological polar surface area (TPSA) is 26.0 Å². The van der Waals surface area contributed by atoms with Crippen molar-refractivity contribution in [3.63, 3.8) is 0 Å². The van der Waals surface area contributed by atoms with Gasteiger partial charge in [0.05, 0.1) is 0 Å². The van der Waals surface area contributed by atoms with Crippen molar-refractivity contribution in [3.8, 4) is 0 Å². The zero-order chi connectivity index (χ0) is 11.5. The molecular formula is C14H29N. The predicted molar refractivity (Wildman–Crippen MR) is 67.8 cm³/mol. The highest BCUT2D eigenvalue weighted by atomic mass is 14.8. The Labute approximate surface area is 95.8 Å². The van der Waals surface area contributed by atoms with Crippen molar-refractivity contribution < 1.29 is 0 Å². The van der Waals surface area contributed by atoms with E-state index in [2.05, 4.69) is 27.7 Å². The van der Waals surface area contributed by atoms with Crippen LogP contribution in [0.2, 0.25) is 0 Å². The Bertz CT molecular complexity index is 188. The molecule has 0 aromatic heterocycles. The second-order valence-electron chi connectivity index (χ2n) is 5.76. The minimum Gasteiger partial charge on any atom is -0.325 e. The van der Waals surface area contributed by atoms with Gasteiger partial charge in [0.15, 0.2) is 0 Å². The maximum absolute atomic E-state index is 6.63. The summed E-state index contributed by atoms with van der Waals surface area (Å²) in [6.45, 7) is 9.17. The minimum atomic E-state index is 0.0911. The van der Waals surface area contributed by atoms with E-state index in [0.717, 1.165) is 18.3 Å². The van der Waals surface area contributed by atoms with Gasteiger partial charge in [-0.1, -0.05) is 47.0 Å². The molecule has 0 heterocycles. The van der Waals surface area contributed by atoms with Gasteiger partial charge in [-0.15, -0.1) is 0 Å². The fraction of sp³-hybridized carbons (Fsp3) is 1.00. The Morgan fingerprint density at radius 1 is 1.27 bits per heavy atom. The molecule has 0 spiro atoms. The molecule has 1 fully saturated rings. The molecule has 0 saturated heterocycles. The molecule has 1 rings (SSSR count). The van der Waals surface area contributed by atoms with Crippen molar-refractivity contribution in [2.24, 2.45) is 23.5 Å². The molecule has 0 aromatic carbocycles. The number of rotatable bonds is 4. The van der Waals surface area contributed by atoms with E-state index < -0.39 is 0 Å².